The highest BCUT2D eigenvalue weighted by Gasteiger charge is 2.11. The first-order valence-electron chi connectivity index (χ1n) is 4.81. The van der Waals surface area contributed by atoms with Gasteiger partial charge >= 0.3 is 5.97 Å². The lowest BCUT2D eigenvalue weighted by Gasteiger charge is -2.10. The number of aliphatic hydroxyl groups excluding tert-OH is 1. The van der Waals surface area contributed by atoms with Crippen molar-refractivity contribution < 1.29 is 24.1 Å². The first-order chi connectivity index (χ1) is 7.54. The number of hydrogen-bond acceptors (Lipinski definition) is 3. The highest BCUT2D eigenvalue weighted by molar-refractivity contribution is 5.88. The van der Waals surface area contributed by atoms with Crippen molar-refractivity contribution >= 4 is 5.97 Å². The number of aliphatic hydroxyl groups is 1. The Labute approximate surface area is 92.3 Å². The Hall–Kier alpha value is -1.62. The van der Waals surface area contributed by atoms with E-state index in [1.165, 1.54) is 6.07 Å². The van der Waals surface area contributed by atoms with E-state index in [0.717, 1.165) is 12.1 Å². The van der Waals surface area contributed by atoms with Crippen LogP contribution in [0.5, 0.6) is 5.75 Å². The molecule has 1 aromatic carbocycles. The molecule has 0 aromatic heterocycles. The Balaban J connectivity index is 2.70. The molecule has 5 heteroatoms. The minimum Gasteiger partial charge on any atom is -0.493 e. The molecule has 1 aromatic rings. The first-order valence-corrected chi connectivity index (χ1v) is 4.81. The summed E-state index contributed by atoms with van der Waals surface area (Å²) in [6.45, 7) is 2.01. The van der Waals surface area contributed by atoms with Gasteiger partial charge in [-0.05, 0) is 12.1 Å². The molecule has 0 spiro atoms. The molecule has 2 N–H and O–H groups in total. The van der Waals surface area contributed by atoms with Gasteiger partial charge in [0.05, 0.1) is 12.2 Å². The van der Waals surface area contributed by atoms with E-state index >= 15 is 0 Å². The topological polar surface area (TPSA) is 66.8 Å². The van der Waals surface area contributed by atoms with E-state index in [1.54, 1.807) is 6.92 Å². The molecule has 0 aliphatic rings. The average molecular weight is 228 g/mol. The van der Waals surface area contributed by atoms with Crippen molar-refractivity contribution in [2.24, 2.45) is 5.92 Å². The maximum Gasteiger partial charge on any atom is 0.338 e. The Morgan fingerprint density at radius 1 is 1.56 bits per heavy atom. The number of hydrogen-bond donors (Lipinski definition) is 2. The van der Waals surface area contributed by atoms with Crippen molar-refractivity contribution in [3.05, 3.63) is 29.6 Å². The molecule has 1 rings (SSSR count). The van der Waals surface area contributed by atoms with Gasteiger partial charge in [0.1, 0.15) is 11.6 Å². The fourth-order valence-corrected chi connectivity index (χ4v) is 1.05. The molecular formula is C11H13FO4. The zero-order valence-corrected chi connectivity index (χ0v) is 8.81. The number of halogens is 1. The van der Waals surface area contributed by atoms with Gasteiger partial charge < -0.3 is 14.9 Å². The molecule has 0 heterocycles. The number of carboxylic acids is 1. The molecule has 0 aliphatic carbocycles. The molecule has 0 saturated carbocycles. The van der Waals surface area contributed by atoms with Crippen molar-refractivity contribution in [2.75, 3.05) is 13.2 Å². The van der Waals surface area contributed by atoms with Crippen molar-refractivity contribution in [1.29, 1.82) is 0 Å². The molecule has 0 aliphatic heterocycles. The van der Waals surface area contributed by atoms with Gasteiger partial charge in [0.25, 0.3) is 0 Å². The SMILES string of the molecule is CC(CO)COc1ccc(C(=O)O)c(F)c1. The van der Waals surface area contributed by atoms with Gasteiger partial charge in [0.15, 0.2) is 0 Å². The average Bonchev–Trinajstić information content (AvgIpc) is 2.25. The third kappa shape index (κ3) is 3.20. The summed E-state index contributed by atoms with van der Waals surface area (Å²) in [5, 5.41) is 17.4. The van der Waals surface area contributed by atoms with E-state index in [0.29, 0.717) is 0 Å². The lowest BCUT2D eigenvalue weighted by molar-refractivity contribution is 0.0692. The lowest BCUT2D eigenvalue weighted by Crippen LogP contribution is -2.12. The summed E-state index contributed by atoms with van der Waals surface area (Å²) in [5.41, 5.74) is -0.387. The van der Waals surface area contributed by atoms with Crippen LogP contribution in [0.3, 0.4) is 0 Å². The molecule has 0 amide bonds. The summed E-state index contributed by atoms with van der Waals surface area (Å²) >= 11 is 0. The lowest BCUT2D eigenvalue weighted by atomic mass is 10.2. The van der Waals surface area contributed by atoms with E-state index in [4.69, 9.17) is 14.9 Å². The monoisotopic (exact) mass is 228 g/mol. The Kier molecular flexibility index (Phi) is 4.25. The zero-order chi connectivity index (χ0) is 12.1. The highest BCUT2D eigenvalue weighted by Crippen LogP contribution is 2.17. The van der Waals surface area contributed by atoms with Crippen LogP contribution in [0.2, 0.25) is 0 Å². The standard InChI is InChI=1S/C11H13FO4/c1-7(5-13)6-16-8-2-3-9(11(14)15)10(12)4-8/h2-4,7,13H,5-6H2,1H3,(H,14,15). The maximum atomic E-state index is 13.2. The molecular weight excluding hydrogens is 215 g/mol. The number of carboxylic acid groups (broad SMARTS) is 1. The summed E-state index contributed by atoms with van der Waals surface area (Å²) in [5.74, 6) is -1.94. The molecule has 0 radical (unpaired) electrons. The minimum absolute atomic E-state index is 0.0182. The Bertz CT molecular complexity index is 378. The van der Waals surface area contributed by atoms with E-state index in [1.807, 2.05) is 0 Å². The van der Waals surface area contributed by atoms with Crippen LogP contribution in [0.4, 0.5) is 4.39 Å². The minimum atomic E-state index is -1.31. The van der Waals surface area contributed by atoms with Crippen LogP contribution in [0.25, 0.3) is 0 Å². The molecule has 88 valence electrons. The van der Waals surface area contributed by atoms with Crippen LogP contribution in [0.1, 0.15) is 17.3 Å². The number of rotatable bonds is 5. The molecule has 0 bridgehead atoms. The van der Waals surface area contributed by atoms with Crippen molar-refractivity contribution in [3.63, 3.8) is 0 Å². The van der Waals surface area contributed by atoms with Gasteiger partial charge in [-0.2, -0.15) is 0 Å². The van der Waals surface area contributed by atoms with Gasteiger partial charge in [0.2, 0.25) is 0 Å². The fraction of sp³-hybridized carbons (Fsp3) is 0.364. The summed E-state index contributed by atoms with van der Waals surface area (Å²) in [6, 6.07) is 3.56. The highest BCUT2D eigenvalue weighted by atomic mass is 19.1. The molecule has 16 heavy (non-hydrogen) atoms. The van der Waals surface area contributed by atoms with Crippen LogP contribution in [-0.2, 0) is 0 Å². The van der Waals surface area contributed by atoms with E-state index in [9.17, 15) is 9.18 Å². The number of benzene rings is 1. The van der Waals surface area contributed by atoms with E-state index in [2.05, 4.69) is 0 Å². The second kappa shape index (κ2) is 5.46. The van der Waals surface area contributed by atoms with Gasteiger partial charge in [-0.25, -0.2) is 9.18 Å². The molecule has 0 saturated heterocycles. The molecule has 0 fully saturated rings. The van der Waals surface area contributed by atoms with E-state index < -0.39 is 11.8 Å². The predicted octanol–water partition coefficient (Wildman–Crippen LogP) is 1.53. The molecule has 1 unspecified atom stereocenters. The summed E-state index contributed by atoms with van der Waals surface area (Å²) in [7, 11) is 0. The van der Waals surface area contributed by atoms with Crippen LogP contribution in [-0.4, -0.2) is 29.4 Å². The van der Waals surface area contributed by atoms with Crippen molar-refractivity contribution in [1.82, 2.24) is 0 Å². The smallest absolute Gasteiger partial charge is 0.338 e. The largest absolute Gasteiger partial charge is 0.493 e. The van der Waals surface area contributed by atoms with Gasteiger partial charge in [-0.3, -0.25) is 0 Å². The van der Waals surface area contributed by atoms with Crippen molar-refractivity contribution in [2.45, 2.75) is 6.92 Å². The van der Waals surface area contributed by atoms with Gasteiger partial charge in [-0.15, -0.1) is 0 Å². The van der Waals surface area contributed by atoms with Crippen LogP contribution < -0.4 is 4.74 Å². The fourth-order valence-electron chi connectivity index (χ4n) is 1.05. The second-order valence-electron chi connectivity index (χ2n) is 3.55. The first kappa shape index (κ1) is 12.4. The Morgan fingerprint density at radius 3 is 2.75 bits per heavy atom. The predicted molar refractivity (Wildman–Crippen MR) is 55.1 cm³/mol. The second-order valence-corrected chi connectivity index (χ2v) is 3.55. The normalized spacial score (nSPS) is 12.2. The quantitative estimate of drug-likeness (QED) is 0.802. The van der Waals surface area contributed by atoms with Gasteiger partial charge in [-0.1, -0.05) is 6.92 Å². The zero-order valence-electron chi connectivity index (χ0n) is 8.81. The third-order valence-electron chi connectivity index (χ3n) is 2.02. The number of ether oxygens (including phenoxy) is 1. The number of aromatic carboxylic acids is 1. The Morgan fingerprint density at radius 2 is 2.25 bits per heavy atom. The summed E-state index contributed by atoms with van der Waals surface area (Å²) in [6.07, 6.45) is 0. The van der Waals surface area contributed by atoms with Crippen LogP contribution in [0, 0.1) is 11.7 Å². The summed E-state index contributed by atoms with van der Waals surface area (Å²) in [4.78, 5) is 10.5. The van der Waals surface area contributed by atoms with Crippen LogP contribution >= 0.6 is 0 Å². The maximum absolute atomic E-state index is 13.2. The van der Waals surface area contributed by atoms with Crippen molar-refractivity contribution in [3.8, 4) is 5.75 Å². The third-order valence-corrected chi connectivity index (χ3v) is 2.02. The molecule has 4 nitrogen and oxygen atoms in total. The van der Waals surface area contributed by atoms with E-state index in [-0.39, 0.29) is 30.4 Å². The van der Waals surface area contributed by atoms with Crippen LogP contribution in [0.15, 0.2) is 18.2 Å². The van der Waals surface area contributed by atoms with Gasteiger partial charge in [0, 0.05) is 18.6 Å². The molecule has 1 atom stereocenters. The summed E-state index contributed by atoms with van der Waals surface area (Å²) < 4.78 is 18.4. The number of carbonyl (C=O) groups is 1.